The molecule has 1 aliphatic rings. The molecule has 118 valence electrons. The van der Waals surface area contributed by atoms with Gasteiger partial charge in [0.05, 0.1) is 17.0 Å². The second-order valence-corrected chi connectivity index (χ2v) is 5.90. The van der Waals surface area contributed by atoms with E-state index >= 15 is 0 Å². The van der Waals surface area contributed by atoms with Gasteiger partial charge in [-0.15, -0.1) is 0 Å². The highest BCUT2D eigenvalue weighted by Gasteiger charge is 2.29. The highest BCUT2D eigenvalue weighted by molar-refractivity contribution is 5.94. The van der Waals surface area contributed by atoms with E-state index in [-0.39, 0.29) is 12.5 Å². The van der Waals surface area contributed by atoms with Crippen molar-refractivity contribution in [2.45, 2.75) is 12.8 Å². The number of nitrogens with one attached hydrogen (secondary N) is 1. The van der Waals surface area contributed by atoms with Crippen LogP contribution >= 0.6 is 0 Å². The van der Waals surface area contributed by atoms with Gasteiger partial charge in [0.25, 0.3) is 5.91 Å². The molecule has 0 spiro atoms. The number of H-pyrrole nitrogens is 1. The predicted molar refractivity (Wildman–Crippen MR) is 83.3 cm³/mol. The summed E-state index contributed by atoms with van der Waals surface area (Å²) >= 11 is 0. The standard InChI is InChI=1S/C16H16N4O3/c21-15(19-7-3-4-10(9-19)16(22)23)12-8-14-17-11-5-1-2-6-13(11)20(14)18-12/h1-2,5-6,8,10,17H,3-4,7,9H2,(H,22,23)/t10-/m1/s1. The molecule has 0 unspecified atom stereocenters. The zero-order valence-electron chi connectivity index (χ0n) is 12.4. The van der Waals surface area contributed by atoms with Gasteiger partial charge in [0.15, 0.2) is 5.69 Å². The van der Waals surface area contributed by atoms with Crippen molar-refractivity contribution in [3.63, 3.8) is 0 Å². The molecule has 0 saturated carbocycles. The van der Waals surface area contributed by atoms with E-state index in [0.717, 1.165) is 16.7 Å². The molecule has 3 heterocycles. The molecular weight excluding hydrogens is 296 g/mol. The van der Waals surface area contributed by atoms with Gasteiger partial charge in [0, 0.05) is 19.2 Å². The average molecular weight is 312 g/mol. The summed E-state index contributed by atoms with van der Waals surface area (Å²) < 4.78 is 1.71. The van der Waals surface area contributed by atoms with Gasteiger partial charge in [0.2, 0.25) is 0 Å². The van der Waals surface area contributed by atoms with E-state index in [1.165, 1.54) is 0 Å². The number of amides is 1. The fourth-order valence-electron chi connectivity index (χ4n) is 3.19. The van der Waals surface area contributed by atoms with Gasteiger partial charge in [-0.2, -0.15) is 5.10 Å². The molecule has 1 aromatic carbocycles. The quantitative estimate of drug-likeness (QED) is 0.754. The molecule has 0 aliphatic carbocycles. The molecule has 3 aromatic rings. The number of imidazole rings is 1. The first-order valence-electron chi connectivity index (χ1n) is 7.62. The van der Waals surface area contributed by atoms with Crippen LogP contribution in [0.1, 0.15) is 23.3 Å². The van der Waals surface area contributed by atoms with E-state index in [2.05, 4.69) is 10.1 Å². The molecule has 1 saturated heterocycles. The summed E-state index contributed by atoms with van der Waals surface area (Å²) in [5.41, 5.74) is 2.95. The first-order chi connectivity index (χ1) is 11.1. The number of aromatic amines is 1. The number of rotatable bonds is 2. The summed E-state index contributed by atoms with van der Waals surface area (Å²) in [5.74, 6) is -1.54. The monoisotopic (exact) mass is 312 g/mol. The van der Waals surface area contributed by atoms with Crippen LogP contribution in [0.3, 0.4) is 0 Å². The Labute approximate surface area is 131 Å². The molecule has 1 atom stereocenters. The lowest BCUT2D eigenvalue weighted by Crippen LogP contribution is -2.42. The summed E-state index contributed by atoms with van der Waals surface area (Å²) in [7, 11) is 0. The van der Waals surface area contributed by atoms with Crippen LogP contribution in [0.5, 0.6) is 0 Å². The van der Waals surface area contributed by atoms with Crippen LogP contribution in [0.15, 0.2) is 30.3 Å². The number of carboxylic acid groups (broad SMARTS) is 1. The van der Waals surface area contributed by atoms with Gasteiger partial charge in [-0.3, -0.25) is 9.59 Å². The van der Waals surface area contributed by atoms with Gasteiger partial charge in [0.1, 0.15) is 5.65 Å². The molecule has 0 bridgehead atoms. The normalized spacial score (nSPS) is 18.6. The Morgan fingerprint density at radius 3 is 2.96 bits per heavy atom. The highest BCUT2D eigenvalue weighted by Crippen LogP contribution is 2.21. The van der Waals surface area contributed by atoms with E-state index in [4.69, 9.17) is 5.11 Å². The molecule has 1 aliphatic heterocycles. The van der Waals surface area contributed by atoms with Crippen molar-refractivity contribution in [1.29, 1.82) is 0 Å². The van der Waals surface area contributed by atoms with Crippen molar-refractivity contribution in [3.05, 3.63) is 36.0 Å². The maximum atomic E-state index is 12.6. The second kappa shape index (κ2) is 5.12. The number of para-hydroxylation sites is 2. The lowest BCUT2D eigenvalue weighted by atomic mass is 9.98. The van der Waals surface area contributed by atoms with Gasteiger partial charge in [-0.1, -0.05) is 12.1 Å². The van der Waals surface area contributed by atoms with Crippen molar-refractivity contribution in [2.24, 2.45) is 5.92 Å². The number of aliphatic carboxylic acids is 1. The molecule has 1 amide bonds. The summed E-state index contributed by atoms with van der Waals surface area (Å²) in [4.78, 5) is 28.6. The number of likely N-dealkylation sites (tertiary alicyclic amines) is 1. The Kier molecular flexibility index (Phi) is 3.07. The van der Waals surface area contributed by atoms with Gasteiger partial charge in [-0.05, 0) is 25.0 Å². The van der Waals surface area contributed by atoms with E-state index in [1.54, 1.807) is 15.5 Å². The minimum absolute atomic E-state index is 0.211. The molecule has 1 fully saturated rings. The van der Waals surface area contributed by atoms with Crippen molar-refractivity contribution in [3.8, 4) is 0 Å². The number of hydrogen-bond donors (Lipinski definition) is 2. The fourth-order valence-corrected chi connectivity index (χ4v) is 3.19. The number of carbonyl (C=O) groups is 2. The third kappa shape index (κ3) is 2.25. The Hall–Kier alpha value is -2.83. The van der Waals surface area contributed by atoms with E-state index in [1.807, 2.05) is 24.3 Å². The Balaban J connectivity index is 1.65. The lowest BCUT2D eigenvalue weighted by Gasteiger charge is -2.30. The highest BCUT2D eigenvalue weighted by atomic mass is 16.4. The summed E-state index contributed by atoms with van der Waals surface area (Å²) in [6.07, 6.45) is 1.32. The zero-order valence-corrected chi connectivity index (χ0v) is 12.4. The largest absolute Gasteiger partial charge is 0.481 e. The van der Waals surface area contributed by atoms with Crippen LogP contribution in [0.25, 0.3) is 16.7 Å². The number of aromatic nitrogens is 3. The number of carboxylic acids is 1. The Bertz CT molecular complexity index is 910. The van der Waals surface area contributed by atoms with Gasteiger partial charge in [-0.25, -0.2) is 4.52 Å². The maximum absolute atomic E-state index is 12.6. The van der Waals surface area contributed by atoms with Crippen molar-refractivity contribution in [2.75, 3.05) is 13.1 Å². The first kappa shape index (κ1) is 13.8. The average Bonchev–Trinajstić information content (AvgIpc) is 3.12. The maximum Gasteiger partial charge on any atom is 0.308 e. The van der Waals surface area contributed by atoms with Crippen molar-refractivity contribution < 1.29 is 14.7 Å². The third-order valence-corrected chi connectivity index (χ3v) is 4.38. The van der Waals surface area contributed by atoms with Crippen LogP contribution in [-0.2, 0) is 4.79 Å². The second-order valence-electron chi connectivity index (χ2n) is 5.90. The van der Waals surface area contributed by atoms with E-state index in [0.29, 0.717) is 25.1 Å². The summed E-state index contributed by atoms with van der Waals surface area (Å²) in [5, 5.41) is 13.5. The Morgan fingerprint density at radius 2 is 2.13 bits per heavy atom. The van der Waals surface area contributed by atoms with E-state index < -0.39 is 11.9 Å². The number of fused-ring (bicyclic) bond motifs is 3. The fraction of sp³-hybridized carbons (Fsp3) is 0.312. The minimum Gasteiger partial charge on any atom is -0.481 e. The summed E-state index contributed by atoms with van der Waals surface area (Å²) in [6, 6.07) is 9.45. The summed E-state index contributed by atoms with van der Waals surface area (Å²) in [6.45, 7) is 0.829. The van der Waals surface area contributed by atoms with Crippen molar-refractivity contribution >= 4 is 28.6 Å². The van der Waals surface area contributed by atoms with Crippen molar-refractivity contribution in [1.82, 2.24) is 19.5 Å². The number of nitrogens with zero attached hydrogens (tertiary/aromatic N) is 3. The number of benzene rings is 1. The van der Waals surface area contributed by atoms with E-state index in [9.17, 15) is 9.59 Å². The SMILES string of the molecule is O=C(O)[C@@H]1CCCN(C(=O)c2cc3[nH]c4ccccc4n3n2)C1. The molecular formula is C16H16N4O3. The molecule has 4 rings (SSSR count). The smallest absolute Gasteiger partial charge is 0.308 e. The van der Waals surface area contributed by atoms with Crippen LogP contribution in [0, 0.1) is 5.92 Å². The molecule has 7 nitrogen and oxygen atoms in total. The molecule has 2 aromatic heterocycles. The van der Waals surface area contributed by atoms with Crippen LogP contribution in [-0.4, -0.2) is 49.6 Å². The lowest BCUT2D eigenvalue weighted by molar-refractivity contribution is -0.143. The molecule has 23 heavy (non-hydrogen) atoms. The molecule has 2 N–H and O–H groups in total. The van der Waals surface area contributed by atoms with Gasteiger partial charge >= 0.3 is 5.97 Å². The topological polar surface area (TPSA) is 90.7 Å². The molecule has 0 radical (unpaired) electrons. The minimum atomic E-state index is -0.842. The van der Waals surface area contributed by atoms with Crippen LogP contribution in [0.4, 0.5) is 0 Å². The number of piperidine rings is 1. The first-order valence-corrected chi connectivity index (χ1v) is 7.62. The zero-order chi connectivity index (χ0) is 16.0. The number of hydrogen-bond acceptors (Lipinski definition) is 3. The molecule has 7 heteroatoms. The van der Waals surface area contributed by atoms with Gasteiger partial charge < -0.3 is 15.0 Å². The third-order valence-electron chi connectivity index (χ3n) is 4.38. The van der Waals surface area contributed by atoms with Crippen LogP contribution in [0.2, 0.25) is 0 Å². The Morgan fingerprint density at radius 1 is 1.30 bits per heavy atom. The van der Waals surface area contributed by atoms with Crippen LogP contribution < -0.4 is 0 Å². The predicted octanol–water partition coefficient (Wildman–Crippen LogP) is 1.75. The number of carbonyl (C=O) groups excluding carboxylic acids is 1.